The Bertz CT molecular complexity index is 249. The van der Waals surface area contributed by atoms with E-state index in [-0.39, 0.29) is 11.3 Å². The van der Waals surface area contributed by atoms with Crippen molar-refractivity contribution >= 4 is 5.91 Å². The maximum Gasteiger partial charge on any atom is 0.220 e. The summed E-state index contributed by atoms with van der Waals surface area (Å²) in [6.07, 6.45) is 3.57. The Morgan fingerprint density at radius 1 is 1.26 bits per heavy atom. The van der Waals surface area contributed by atoms with Gasteiger partial charge in [-0.25, -0.2) is 0 Å². The van der Waals surface area contributed by atoms with Crippen molar-refractivity contribution in [1.29, 1.82) is 0 Å². The number of aliphatic hydroxyl groups excluding tert-OH is 1. The highest BCUT2D eigenvalue weighted by Crippen LogP contribution is 2.31. The number of nitrogens with one attached hydrogen (secondary N) is 1. The molecule has 0 heterocycles. The van der Waals surface area contributed by atoms with Crippen LogP contribution in [0.5, 0.6) is 0 Å². The van der Waals surface area contributed by atoms with Crippen LogP contribution in [-0.4, -0.2) is 30.2 Å². The van der Waals surface area contributed by atoms with Gasteiger partial charge in [0.15, 0.2) is 0 Å². The molecule has 0 saturated heterocycles. The summed E-state index contributed by atoms with van der Waals surface area (Å²) in [6.45, 7) is 9.62. The molecule has 0 bridgehead atoms. The van der Waals surface area contributed by atoms with Crippen molar-refractivity contribution in [1.82, 2.24) is 5.32 Å². The van der Waals surface area contributed by atoms with Crippen LogP contribution in [0.25, 0.3) is 0 Å². The van der Waals surface area contributed by atoms with E-state index in [9.17, 15) is 9.90 Å². The van der Waals surface area contributed by atoms with Crippen molar-refractivity contribution < 1.29 is 9.90 Å². The SMILES string of the molecule is CCCC(O)CNC(=O)CCC(CCN)C(C)(C)C. The Balaban J connectivity index is 3.99. The Morgan fingerprint density at radius 2 is 1.89 bits per heavy atom. The van der Waals surface area contributed by atoms with Gasteiger partial charge in [-0.3, -0.25) is 4.79 Å². The van der Waals surface area contributed by atoms with Crippen molar-refractivity contribution in [3.8, 4) is 0 Å². The second-order valence-corrected chi connectivity index (χ2v) is 6.43. The summed E-state index contributed by atoms with van der Waals surface area (Å²) in [7, 11) is 0. The average molecular weight is 272 g/mol. The average Bonchev–Trinajstić information content (AvgIpc) is 2.30. The summed E-state index contributed by atoms with van der Waals surface area (Å²) >= 11 is 0. The van der Waals surface area contributed by atoms with Crippen LogP contribution in [0.3, 0.4) is 0 Å². The number of aliphatic hydroxyl groups is 1. The van der Waals surface area contributed by atoms with E-state index in [0.717, 1.165) is 25.7 Å². The van der Waals surface area contributed by atoms with Crippen LogP contribution < -0.4 is 11.1 Å². The lowest BCUT2D eigenvalue weighted by Gasteiger charge is -2.30. The molecule has 0 radical (unpaired) electrons. The number of hydrogen-bond acceptors (Lipinski definition) is 3. The predicted octanol–water partition coefficient (Wildman–Crippen LogP) is 2.05. The second kappa shape index (κ2) is 9.32. The van der Waals surface area contributed by atoms with Crippen molar-refractivity contribution in [2.45, 2.75) is 65.9 Å². The highest BCUT2D eigenvalue weighted by molar-refractivity contribution is 5.75. The fraction of sp³-hybridized carbons (Fsp3) is 0.933. The van der Waals surface area contributed by atoms with Crippen LogP contribution in [0.1, 0.15) is 59.8 Å². The summed E-state index contributed by atoms with van der Waals surface area (Å²) in [5, 5.41) is 12.4. The quantitative estimate of drug-likeness (QED) is 0.601. The number of rotatable bonds is 9. The fourth-order valence-electron chi connectivity index (χ4n) is 2.27. The van der Waals surface area contributed by atoms with Gasteiger partial charge in [-0.05, 0) is 37.1 Å². The molecule has 0 saturated carbocycles. The van der Waals surface area contributed by atoms with Gasteiger partial charge >= 0.3 is 0 Å². The minimum Gasteiger partial charge on any atom is -0.391 e. The van der Waals surface area contributed by atoms with Crippen LogP contribution in [0.2, 0.25) is 0 Å². The van der Waals surface area contributed by atoms with Crippen LogP contribution in [0.15, 0.2) is 0 Å². The van der Waals surface area contributed by atoms with Crippen LogP contribution in [0.4, 0.5) is 0 Å². The Morgan fingerprint density at radius 3 is 2.37 bits per heavy atom. The number of amides is 1. The summed E-state index contributed by atoms with van der Waals surface area (Å²) in [5.74, 6) is 0.491. The zero-order valence-corrected chi connectivity index (χ0v) is 13.0. The van der Waals surface area contributed by atoms with Crippen LogP contribution in [-0.2, 0) is 4.79 Å². The van der Waals surface area contributed by atoms with Gasteiger partial charge in [0.2, 0.25) is 5.91 Å². The molecular weight excluding hydrogens is 240 g/mol. The lowest BCUT2D eigenvalue weighted by atomic mass is 9.76. The van der Waals surface area contributed by atoms with E-state index in [0.29, 0.717) is 25.4 Å². The van der Waals surface area contributed by atoms with Gasteiger partial charge in [0.05, 0.1) is 6.10 Å². The minimum atomic E-state index is -0.420. The smallest absolute Gasteiger partial charge is 0.220 e. The first kappa shape index (κ1) is 18.4. The molecule has 0 aliphatic rings. The molecule has 4 N–H and O–H groups in total. The van der Waals surface area contributed by atoms with Crippen molar-refractivity contribution in [2.75, 3.05) is 13.1 Å². The molecule has 1 amide bonds. The van der Waals surface area contributed by atoms with E-state index < -0.39 is 6.10 Å². The number of carbonyl (C=O) groups excluding carboxylic acids is 1. The maximum atomic E-state index is 11.7. The van der Waals surface area contributed by atoms with E-state index >= 15 is 0 Å². The molecule has 0 spiro atoms. The third-order valence-corrected chi connectivity index (χ3v) is 3.62. The summed E-state index contributed by atoms with van der Waals surface area (Å²) in [4.78, 5) is 11.7. The number of carbonyl (C=O) groups is 1. The number of nitrogens with two attached hydrogens (primary N) is 1. The predicted molar refractivity (Wildman–Crippen MR) is 79.8 cm³/mol. The molecule has 0 fully saturated rings. The molecule has 0 aliphatic heterocycles. The summed E-state index contributed by atoms with van der Waals surface area (Å²) < 4.78 is 0. The highest BCUT2D eigenvalue weighted by Gasteiger charge is 2.24. The van der Waals surface area contributed by atoms with E-state index in [1.54, 1.807) is 0 Å². The first-order chi connectivity index (χ1) is 8.81. The zero-order valence-electron chi connectivity index (χ0n) is 13.0. The summed E-state index contributed by atoms with van der Waals surface area (Å²) in [5.41, 5.74) is 5.81. The number of hydrogen-bond donors (Lipinski definition) is 3. The molecular formula is C15H32N2O2. The molecule has 2 atom stereocenters. The van der Waals surface area contributed by atoms with Crippen molar-refractivity contribution in [3.63, 3.8) is 0 Å². The Hall–Kier alpha value is -0.610. The van der Waals surface area contributed by atoms with Gasteiger partial charge in [0.25, 0.3) is 0 Å². The van der Waals surface area contributed by atoms with Crippen molar-refractivity contribution in [3.05, 3.63) is 0 Å². The van der Waals surface area contributed by atoms with Crippen LogP contribution >= 0.6 is 0 Å². The third kappa shape index (κ3) is 9.00. The molecule has 0 aromatic rings. The molecule has 114 valence electrons. The third-order valence-electron chi connectivity index (χ3n) is 3.62. The van der Waals surface area contributed by atoms with Gasteiger partial charge in [0.1, 0.15) is 0 Å². The maximum absolute atomic E-state index is 11.7. The standard InChI is InChI=1S/C15H32N2O2/c1-5-6-13(18)11-17-14(19)8-7-12(9-10-16)15(2,3)4/h12-13,18H,5-11,16H2,1-4H3,(H,17,19). The first-order valence-electron chi connectivity index (χ1n) is 7.46. The second-order valence-electron chi connectivity index (χ2n) is 6.43. The van der Waals surface area contributed by atoms with E-state index in [2.05, 4.69) is 26.1 Å². The fourth-order valence-corrected chi connectivity index (χ4v) is 2.27. The molecule has 0 rings (SSSR count). The van der Waals surface area contributed by atoms with E-state index in [4.69, 9.17) is 5.73 Å². The van der Waals surface area contributed by atoms with Gasteiger partial charge in [-0.1, -0.05) is 34.1 Å². The lowest BCUT2D eigenvalue weighted by Crippen LogP contribution is -2.33. The van der Waals surface area contributed by atoms with Gasteiger partial charge in [-0.2, -0.15) is 0 Å². The van der Waals surface area contributed by atoms with Crippen LogP contribution in [0, 0.1) is 11.3 Å². The Kier molecular flexibility index (Phi) is 9.02. The van der Waals surface area contributed by atoms with Crippen molar-refractivity contribution in [2.24, 2.45) is 17.1 Å². The molecule has 19 heavy (non-hydrogen) atoms. The highest BCUT2D eigenvalue weighted by atomic mass is 16.3. The molecule has 4 heteroatoms. The van der Waals surface area contributed by atoms with Gasteiger partial charge < -0.3 is 16.2 Å². The lowest BCUT2D eigenvalue weighted by molar-refractivity contribution is -0.122. The first-order valence-corrected chi connectivity index (χ1v) is 7.46. The normalized spacial score (nSPS) is 15.1. The largest absolute Gasteiger partial charge is 0.391 e. The van der Waals surface area contributed by atoms with Gasteiger partial charge in [0, 0.05) is 13.0 Å². The van der Waals surface area contributed by atoms with E-state index in [1.165, 1.54) is 0 Å². The zero-order chi connectivity index (χ0) is 14.9. The molecule has 0 aliphatic carbocycles. The molecule has 4 nitrogen and oxygen atoms in total. The van der Waals surface area contributed by atoms with E-state index in [1.807, 2.05) is 6.92 Å². The molecule has 0 aromatic heterocycles. The summed E-state index contributed by atoms with van der Waals surface area (Å²) in [6, 6.07) is 0. The monoisotopic (exact) mass is 272 g/mol. The minimum absolute atomic E-state index is 0.0291. The molecule has 2 unspecified atom stereocenters. The van der Waals surface area contributed by atoms with Gasteiger partial charge in [-0.15, -0.1) is 0 Å². The Labute approximate surface area is 118 Å². The topological polar surface area (TPSA) is 75.3 Å². The molecule has 0 aromatic carbocycles.